The minimum Gasteiger partial charge on any atom is -0.370 e. The number of aryl methyl sites for hydroxylation is 2. The Kier molecular flexibility index (Phi) is 4.25. The fourth-order valence-electron chi connectivity index (χ4n) is 1.40. The van der Waals surface area contributed by atoms with Gasteiger partial charge in [0.15, 0.2) is 5.96 Å². The summed E-state index contributed by atoms with van der Waals surface area (Å²) < 4.78 is 0. The lowest BCUT2D eigenvalue weighted by molar-refractivity contribution is 1.13. The van der Waals surface area contributed by atoms with Crippen LogP contribution in [0.1, 0.15) is 18.1 Å². The van der Waals surface area contributed by atoms with Crippen molar-refractivity contribution in [3.05, 3.63) is 29.3 Å². The molecule has 0 atom stereocenters. The first-order chi connectivity index (χ1) is 7.52. The Balaban J connectivity index is 2.89. The SMILES string of the molecule is CCc1cc(C)ccc1NC(=S)N=C(N)N. The molecule has 0 aromatic heterocycles. The van der Waals surface area contributed by atoms with Gasteiger partial charge >= 0.3 is 0 Å². The molecule has 16 heavy (non-hydrogen) atoms. The topological polar surface area (TPSA) is 76.4 Å². The molecule has 0 fully saturated rings. The summed E-state index contributed by atoms with van der Waals surface area (Å²) in [5.74, 6) is -0.0392. The molecule has 4 nitrogen and oxygen atoms in total. The zero-order chi connectivity index (χ0) is 12.1. The number of aliphatic imine (C=N–C) groups is 1. The summed E-state index contributed by atoms with van der Waals surface area (Å²) in [6, 6.07) is 6.10. The summed E-state index contributed by atoms with van der Waals surface area (Å²) >= 11 is 4.99. The van der Waals surface area contributed by atoms with Crippen LogP contribution in [-0.2, 0) is 6.42 Å². The van der Waals surface area contributed by atoms with E-state index in [1.165, 1.54) is 11.1 Å². The summed E-state index contributed by atoms with van der Waals surface area (Å²) in [5, 5.41) is 3.28. The fraction of sp³-hybridized carbons (Fsp3) is 0.273. The maximum absolute atomic E-state index is 5.24. The van der Waals surface area contributed by atoms with Crippen LogP contribution in [0.4, 0.5) is 5.69 Å². The molecular weight excluding hydrogens is 220 g/mol. The zero-order valence-electron chi connectivity index (χ0n) is 9.45. The van der Waals surface area contributed by atoms with Gasteiger partial charge < -0.3 is 16.8 Å². The second-order valence-corrected chi connectivity index (χ2v) is 3.87. The number of benzene rings is 1. The van der Waals surface area contributed by atoms with Crippen molar-refractivity contribution in [2.75, 3.05) is 5.32 Å². The van der Waals surface area contributed by atoms with Gasteiger partial charge in [0.05, 0.1) is 0 Å². The molecule has 0 aliphatic rings. The van der Waals surface area contributed by atoms with Crippen LogP contribution < -0.4 is 16.8 Å². The molecular formula is C11H16N4S. The molecule has 0 unspecified atom stereocenters. The van der Waals surface area contributed by atoms with Gasteiger partial charge in [-0.25, -0.2) is 0 Å². The average Bonchev–Trinajstić information content (AvgIpc) is 2.19. The monoisotopic (exact) mass is 236 g/mol. The molecule has 5 N–H and O–H groups in total. The number of rotatable bonds is 2. The van der Waals surface area contributed by atoms with Crippen molar-refractivity contribution in [3.8, 4) is 0 Å². The molecule has 1 rings (SSSR count). The molecule has 0 heterocycles. The Morgan fingerprint density at radius 2 is 2.12 bits per heavy atom. The number of thiocarbonyl (C=S) groups is 1. The minimum atomic E-state index is -0.0392. The van der Waals surface area contributed by atoms with Gasteiger partial charge in [-0.2, -0.15) is 4.99 Å². The molecule has 0 saturated carbocycles. The highest BCUT2D eigenvalue weighted by molar-refractivity contribution is 7.80. The van der Waals surface area contributed by atoms with Crippen molar-refractivity contribution in [3.63, 3.8) is 0 Å². The van der Waals surface area contributed by atoms with Crippen LogP contribution in [0.3, 0.4) is 0 Å². The molecule has 0 saturated heterocycles. The van der Waals surface area contributed by atoms with Crippen molar-refractivity contribution in [1.29, 1.82) is 0 Å². The van der Waals surface area contributed by atoms with E-state index in [1.54, 1.807) is 0 Å². The molecule has 86 valence electrons. The Morgan fingerprint density at radius 1 is 1.44 bits per heavy atom. The summed E-state index contributed by atoms with van der Waals surface area (Å²) in [6.45, 7) is 4.14. The number of nitrogens with one attached hydrogen (secondary N) is 1. The smallest absolute Gasteiger partial charge is 0.200 e. The maximum atomic E-state index is 5.24. The van der Waals surface area contributed by atoms with E-state index in [4.69, 9.17) is 23.7 Å². The van der Waals surface area contributed by atoms with Crippen LogP contribution in [0.2, 0.25) is 0 Å². The molecule has 0 radical (unpaired) electrons. The molecule has 0 spiro atoms. The van der Waals surface area contributed by atoms with Crippen LogP contribution in [0, 0.1) is 6.92 Å². The van der Waals surface area contributed by atoms with E-state index < -0.39 is 0 Å². The lowest BCUT2D eigenvalue weighted by Crippen LogP contribution is -2.25. The van der Waals surface area contributed by atoms with Gasteiger partial charge in [0, 0.05) is 5.69 Å². The summed E-state index contributed by atoms with van der Waals surface area (Å²) in [4.78, 5) is 3.76. The third kappa shape index (κ3) is 3.51. The summed E-state index contributed by atoms with van der Waals surface area (Å²) in [5.41, 5.74) is 13.8. The van der Waals surface area contributed by atoms with Crippen molar-refractivity contribution >= 4 is 29.0 Å². The van der Waals surface area contributed by atoms with Crippen molar-refractivity contribution in [2.24, 2.45) is 16.5 Å². The van der Waals surface area contributed by atoms with Crippen molar-refractivity contribution in [2.45, 2.75) is 20.3 Å². The highest BCUT2D eigenvalue weighted by Crippen LogP contribution is 2.18. The largest absolute Gasteiger partial charge is 0.370 e. The predicted molar refractivity (Wildman–Crippen MR) is 72.6 cm³/mol. The first-order valence-corrected chi connectivity index (χ1v) is 5.44. The maximum Gasteiger partial charge on any atom is 0.200 e. The lowest BCUT2D eigenvalue weighted by Gasteiger charge is -2.10. The van der Waals surface area contributed by atoms with E-state index >= 15 is 0 Å². The Bertz CT molecular complexity index is 422. The minimum absolute atomic E-state index is 0.0392. The zero-order valence-corrected chi connectivity index (χ0v) is 10.3. The number of nitrogens with zero attached hydrogens (tertiary/aromatic N) is 1. The quantitative estimate of drug-likeness (QED) is 0.413. The first kappa shape index (κ1) is 12.4. The first-order valence-electron chi connectivity index (χ1n) is 5.03. The predicted octanol–water partition coefficient (Wildman–Crippen LogP) is 1.53. The van der Waals surface area contributed by atoms with Gasteiger partial charge in [-0.05, 0) is 37.2 Å². The number of anilines is 1. The van der Waals surface area contributed by atoms with Crippen LogP contribution >= 0.6 is 12.2 Å². The second kappa shape index (κ2) is 5.46. The lowest BCUT2D eigenvalue weighted by atomic mass is 10.1. The van der Waals surface area contributed by atoms with Crippen LogP contribution in [0.25, 0.3) is 0 Å². The van der Waals surface area contributed by atoms with Gasteiger partial charge in [-0.3, -0.25) is 0 Å². The van der Waals surface area contributed by atoms with Crippen molar-refractivity contribution < 1.29 is 0 Å². The fourth-order valence-corrected chi connectivity index (χ4v) is 1.61. The van der Waals surface area contributed by atoms with Crippen LogP contribution in [-0.4, -0.2) is 11.1 Å². The summed E-state index contributed by atoms with van der Waals surface area (Å²) in [7, 11) is 0. The molecule has 0 bridgehead atoms. The third-order valence-corrected chi connectivity index (χ3v) is 2.31. The number of hydrogen-bond acceptors (Lipinski definition) is 1. The van der Waals surface area contributed by atoms with Gasteiger partial charge in [0.25, 0.3) is 0 Å². The van der Waals surface area contributed by atoms with E-state index in [0.29, 0.717) is 0 Å². The molecule has 0 aliphatic carbocycles. The van der Waals surface area contributed by atoms with Crippen LogP contribution in [0.15, 0.2) is 23.2 Å². The van der Waals surface area contributed by atoms with E-state index in [0.717, 1.165) is 12.1 Å². The highest BCUT2D eigenvalue weighted by Gasteiger charge is 2.02. The average molecular weight is 236 g/mol. The van der Waals surface area contributed by atoms with E-state index in [2.05, 4.69) is 30.2 Å². The standard InChI is InChI=1S/C11H16N4S/c1-3-8-6-7(2)4-5-9(8)14-11(16)15-10(12)13/h4-6H,3H2,1-2H3,(H5,12,13,14,15,16). The Labute approximate surface area is 101 Å². The van der Waals surface area contributed by atoms with Gasteiger partial charge in [-0.15, -0.1) is 0 Å². The van der Waals surface area contributed by atoms with Gasteiger partial charge in [0.2, 0.25) is 5.11 Å². The number of guanidine groups is 1. The van der Waals surface area contributed by atoms with Gasteiger partial charge in [-0.1, -0.05) is 24.6 Å². The van der Waals surface area contributed by atoms with Gasteiger partial charge in [0.1, 0.15) is 0 Å². The Hall–Kier alpha value is -1.62. The highest BCUT2D eigenvalue weighted by atomic mass is 32.1. The molecule has 1 aromatic rings. The molecule has 1 aromatic carbocycles. The molecule has 5 heteroatoms. The van der Waals surface area contributed by atoms with Crippen molar-refractivity contribution in [1.82, 2.24) is 0 Å². The van der Waals surface area contributed by atoms with Crippen LogP contribution in [0.5, 0.6) is 0 Å². The summed E-state index contributed by atoms with van der Waals surface area (Å²) in [6.07, 6.45) is 0.925. The normalized spacial score (nSPS) is 9.62. The second-order valence-electron chi connectivity index (χ2n) is 3.48. The van der Waals surface area contributed by atoms with E-state index in [-0.39, 0.29) is 11.1 Å². The molecule has 0 amide bonds. The number of hydrogen-bond donors (Lipinski definition) is 3. The van der Waals surface area contributed by atoms with E-state index in [9.17, 15) is 0 Å². The Morgan fingerprint density at radius 3 is 2.69 bits per heavy atom. The van der Waals surface area contributed by atoms with E-state index in [1.807, 2.05) is 12.1 Å². The molecule has 0 aliphatic heterocycles. The number of nitrogens with two attached hydrogens (primary N) is 2. The third-order valence-electron chi connectivity index (χ3n) is 2.11.